The van der Waals surface area contributed by atoms with Crippen LogP contribution in [-0.4, -0.2) is 34.9 Å². The SMILES string of the molecule is CCCC(=O)O[C@]1(C(=O)CO)[C@H](C)C[C@H]2[C@@H]3CC[C@H]4CC(=O)CC[C@]4(C)C3=CC[C@@]21C. The number of carbonyl (C=O) groups is 3. The van der Waals surface area contributed by atoms with Crippen LogP contribution in [0.4, 0.5) is 0 Å². The molecule has 3 saturated carbocycles. The molecule has 4 rings (SSSR count). The number of aliphatic hydroxyl groups is 1. The van der Waals surface area contributed by atoms with Crippen LogP contribution < -0.4 is 0 Å². The average Bonchev–Trinajstić information content (AvgIpc) is 2.96. The molecule has 4 aliphatic rings. The third-order valence-corrected chi connectivity index (χ3v) is 9.67. The van der Waals surface area contributed by atoms with Gasteiger partial charge in [0.25, 0.3) is 0 Å². The summed E-state index contributed by atoms with van der Waals surface area (Å²) in [4.78, 5) is 38.0. The third-order valence-electron chi connectivity index (χ3n) is 9.67. The Labute approximate surface area is 186 Å². The smallest absolute Gasteiger partial charge is 0.306 e. The lowest BCUT2D eigenvalue weighted by Gasteiger charge is -2.57. The number of ketones is 2. The topological polar surface area (TPSA) is 80.7 Å². The fraction of sp³-hybridized carbons (Fsp3) is 0.808. The van der Waals surface area contributed by atoms with Crippen molar-refractivity contribution in [1.82, 2.24) is 0 Å². The molecular formula is C26H38O5. The Balaban J connectivity index is 1.75. The number of esters is 1. The summed E-state index contributed by atoms with van der Waals surface area (Å²) in [5.41, 5.74) is -0.233. The Morgan fingerprint density at radius 1 is 1.26 bits per heavy atom. The summed E-state index contributed by atoms with van der Waals surface area (Å²) < 4.78 is 6.08. The number of rotatable bonds is 5. The van der Waals surface area contributed by atoms with E-state index in [9.17, 15) is 19.5 Å². The zero-order valence-electron chi connectivity index (χ0n) is 19.5. The van der Waals surface area contributed by atoms with E-state index in [1.807, 2.05) is 13.8 Å². The molecule has 5 heteroatoms. The predicted molar refractivity (Wildman–Crippen MR) is 117 cm³/mol. The van der Waals surface area contributed by atoms with Gasteiger partial charge in [-0.3, -0.25) is 14.4 Å². The van der Waals surface area contributed by atoms with Crippen molar-refractivity contribution in [2.75, 3.05) is 6.61 Å². The number of Topliss-reactive ketones (excluding diaryl/α,β-unsaturated/α-hetero) is 2. The van der Waals surface area contributed by atoms with Crippen LogP contribution in [0.2, 0.25) is 0 Å². The summed E-state index contributed by atoms with van der Waals surface area (Å²) in [5, 5.41) is 9.89. The number of ether oxygens (including phenoxy) is 1. The zero-order chi connectivity index (χ0) is 22.6. The summed E-state index contributed by atoms with van der Waals surface area (Å²) in [6, 6.07) is 0. The molecule has 31 heavy (non-hydrogen) atoms. The van der Waals surface area contributed by atoms with E-state index in [1.54, 1.807) is 0 Å². The van der Waals surface area contributed by atoms with E-state index in [1.165, 1.54) is 5.57 Å². The monoisotopic (exact) mass is 430 g/mol. The van der Waals surface area contributed by atoms with Gasteiger partial charge in [0.2, 0.25) is 5.78 Å². The van der Waals surface area contributed by atoms with Gasteiger partial charge >= 0.3 is 5.97 Å². The molecular weight excluding hydrogens is 392 g/mol. The van der Waals surface area contributed by atoms with Gasteiger partial charge in [-0.05, 0) is 61.7 Å². The number of allylic oxidation sites excluding steroid dienone is 2. The Morgan fingerprint density at radius 2 is 2.00 bits per heavy atom. The van der Waals surface area contributed by atoms with Crippen molar-refractivity contribution >= 4 is 17.5 Å². The van der Waals surface area contributed by atoms with Gasteiger partial charge in [0, 0.05) is 30.6 Å². The van der Waals surface area contributed by atoms with Crippen molar-refractivity contribution in [2.45, 2.75) is 91.1 Å². The normalized spacial score (nSPS) is 44.0. The van der Waals surface area contributed by atoms with Crippen LogP contribution >= 0.6 is 0 Å². The summed E-state index contributed by atoms with van der Waals surface area (Å²) in [5.74, 6) is 0.590. The lowest BCUT2D eigenvalue weighted by atomic mass is 9.48. The molecule has 0 aliphatic heterocycles. The van der Waals surface area contributed by atoms with E-state index in [2.05, 4.69) is 19.9 Å². The summed E-state index contributed by atoms with van der Waals surface area (Å²) >= 11 is 0. The molecule has 0 aromatic heterocycles. The second kappa shape index (κ2) is 7.83. The van der Waals surface area contributed by atoms with E-state index in [4.69, 9.17) is 4.74 Å². The number of carbonyl (C=O) groups excluding carboxylic acids is 3. The summed E-state index contributed by atoms with van der Waals surface area (Å²) in [6.45, 7) is 7.79. The van der Waals surface area contributed by atoms with Crippen LogP contribution in [0.15, 0.2) is 11.6 Å². The average molecular weight is 431 g/mol. The van der Waals surface area contributed by atoms with Crippen molar-refractivity contribution in [1.29, 1.82) is 0 Å². The van der Waals surface area contributed by atoms with Crippen molar-refractivity contribution in [3.63, 3.8) is 0 Å². The van der Waals surface area contributed by atoms with E-state index in [0.717, 1.165) is 25.7 Å². The molecule has 0 amide bonds. The van der Waals surface area contributed by atoms with Crippen molar-refractivity contribution < 1.29 is 24.2 Å². The van der Waals surface area contributed by atoms with Gasteiger partial charge in [0.15, 0.2) is 5.60 Å². The fourth-order valence-corrected chi connectivity index (χ4v) is 8.07. The largest absolute Gasteiger partial charge is 0.450 e. The molecule has 0 unspecified atom stereocenters. The lowest BCUT2D eigenvalue weighted by molar-refractivity contribution is -0.190. The van der Waals surface area contributed by atoms with Gasteiger partial charge < -0.3 is 9.84 Å². The fourth-order valence-electron chi connectivity index (χ4n) is 8.07. The van der Waals surface area contributed by atoms with Crippen LogP contribution in [0.3, 0.4) is 0 Å². The van der Waals surface area contributed by atoms with E-state index in [-0.39, 0.29) is 35.4 Å². The van der Waals surface area contributed by atoms with Crippen LogP contribution in [-0.2, 0) is 19.1 Å². The zero-order valence-corrected chi connectivity index (χ0v) is 19.5. The minimum atomic E-state index is -1.26. The molecule has 0 saturated heterocycles. The number of aliphatic hydroxyl groups excluding tert-OH is 1. The minimum Gasteiger partial charge on any atom is -0.450 e. The first-order valence-electron chi connectivity index (χ1n) is 12.2. The van der Waals surface area contributed by atoms with E-state index in [0.29, 0.717) is 43.3 Å². The first-order valence-corrected chi connectivity index (χ1v) is 12.2. The Hall–Kier alpha value is -1.49. The van der Waals surface area contributed by atoms with Gasteiger partial charge in [-0.1, -0.05) is 39.3 Å². The standard InChI is InChI=1S/C26H38O5/c1-5-6-23(30)31-26(22(29)15-27)16(2)13-21-19-8-7-17-14-18(28)9-11-24(17,3)20(19)10-12-25(21,26)4/h10,16-17,19,21,27H,5-9,11-15H2,1-4H3/t16-,17+,19-,21+,24+,25+,26+/m1/s1. The maximum Gasteiger partial charge on any atom is 0.306 e. The maximum absolute atomic E-state index is 13.2. The quantitative estimate of drug-likeness (QED) is 0.516. The molecule has 172 valence electrons. The highest BCUT2D eigenvalue weighted by Gasteiger charge is 2.70. The first-order chi connectivity index (χ1) is 14.6. The lowest BCUT2D eigenvalue weighted by Crippen LogP contribution is -2.60. The van der Waals surface area contributed by atoms with Gasteiger partial charge in [0.05, 0.1) is 0 Å². The Morgan fingerprint density at radius 3 is 2.68 bits per heavy atom. The highest BCUT2D eigenvalue weighted by Crippen LogP contribution is 2.68. The van der Waals surface area contributed by atoms with Crippen LogP contribution in [0.1, 0.15) is 85.5 Å². The molecule has 4 aliphatic carbocycles. The molecule has 0 spiro atoms. The first kappa shape index (κ1) is 22.7. The number of fused-ring (bicyclic) bond motifs is 5. The predicted octanol–water partition coefficient (Wildman–Crippen LogP) is 4.41. The van der Waals surface area contributed by atoms with Crippen molar-refractivity contribution in [3.8, 4) is 0 Å². The maximum atomic E-state index is 13.2. The van der Waals surface area contributed by atoms with Crippen LogP contribution in [0.5, 0.6) is 0 Å². The van der Waals surface area contributed by atoms with Crippen LogP contribution in [0, 0.1) is 34.5 Å². The van der Waals surface area contributed by atoms with E-state index >= 15 is 0 Å². The molecule has 1 N–H and O–H groups in total. The molecule has 7 atom stereocenters. The molecule has 0 radical (unpaired) electrons. The summed E-state index contributed by atoms with van der Waals surface area (Å²) in [6.07, 6.45) is 9.13. The Kier molecular flexibility index (Phi) is 5.73. The minimum absolute atomic E-state index is 0.0620. The third kappa shape index (κ3) is 3.09. The molecule has 0 aromatic rings. The highest BCUT2D eigenvalue weighted by atomic mass is 16.6. The Bertz CT molecular complexity index is 815. The summed E-state index contributed by atoms with van der Waals surface area (Å²) in [7, 11) is 0. The highest BCUT2D eigenvalue weighted by molar-refractivity contribution is 5.92. The van der Waals surface area contributed by atoms with Gasteiger partial charge in [-0.15, -0.1) is 0 Å². The molecule has 0 heterocycles. The van der Waals surface area contributed by atoms with Gasteiger partial charge in [0.1, 0.15) is 12.4 Å². The van der Waals surface area contributed by atoms with Crippen molar-refractivity contribution in [3.05, 3.63) is 11.6 Å². The number of hydrogen-bond donors (Lipinski definition) is 1. The van der Waals surface area contributed by atoms with Crippen LogP contribution in [0.25, 0.3) is 0 Å². The van der Waals surface area contributed by atoms with E-state index < -0.39 is 17.6 Å². The van der Waals surface area contributed by atoms with Gasteiger partial charge in [-0.2, -0.15) is 0 Å². The number of hydrogen-bond acceptors (Lipinski definition) is 5. The van der Waals surface area contributed by atoms with Gasteiger partial charge in [-0.25, -0.2) is 0 Å². The van der Waals surface area contributed by atoms with Crippen molar-refractivity contribution in [2.24, 2.45) is 34.5 Å². The second-order valence-electron chi connectivity index (χ2n) is 11.1. The molecule has 3 fully saturated rings. The molecule has 0 aromatic carbocycles. The molecule has 0 bridgehead atoms. The molecule has 5 nitrogen and oxygen atoms in total. The second-order valence-corrected chi connectivity index (χ2v) is 11.1.